The molecule has 1 aromatic heterocycles. The summed E-state index contributed by atoms with van der Waals surface area (Å²) in [6.45, 7) is 4.78. The topological polar surface area (TPSA) is 192 Å². The molecule has 4 rings (SSSR count). The molecule has 2 aromatic carbocycles. The van der Waals surface area contributed by atoms with Crippen LogP contribution in [0.1, 0.15) is 28.7 Å². The molecule has 0 saturated carbocycles. The molecule has 14 nitrogen and oxygen atoms in total. The molecule has 5 N–H and O–H groups in total. The molecule has 15 heteroatoms. The molecule has 1 aliphatic rings. The van der Waals surface area contributed by atoms with Crippen LogP contribution >= 0.6 is 0 Å². The number of aryl methyl sites for hydroxylation is 3. The molecule has 0 unspecified atom stereocenters. The minimum Gasteiger partial charge on any atom is -0.480 e. The number of likely N-dealkylation sites (tertiary alicyclic amines) is 1. The van der Waals surface area contributed by atoms with Crippen LogP contribution in [0.4, 0.5) is 10.7 Å². The van der Waals surface area contributed by atoms with E-state index in [9.17, 15) is 27.9 Å². The minimum absolute atomic E-state index is 0.00168. The second kappa shape index (κ2) is 15.0. The van der Waals surface area contributed by atoms with Gasteiger partial charge in [0.2, 0.25) is 15.9 Å². The first-order chi connectivity index (χ1) is 21.4. The van der Waals surface area contributed by atoms with E-state index in [2.05, 4.69) is 25.3 Å². The van der Waals surface area contributed by atoms with Crippen LogP contribution in [0.5, 0.6) is 0 Å². The molecule has 0 bridgehead atoms. The predicted octanol–water partition coefficient (Wildman–Crippen LogP) is 2.09. The van der Waals surface area contributed by atoms with Crippen LogP contribution in [0.25, 0.3) is 0 Å². The predicted molar refractivity (Wildman–Crippen MR) is 164 cm³/mol. The highest BCUT2D eigenvalue weighted by molar-refractivity contribution is 7.89. The normalized spacial score (nSPS) is 17.1. The number of carboxylic acids is 1. The summed E-state index contributed by atoms with van der Waals surface area (Å²) in [4.78, 5) is 46.1. The Hall–Kier alpha value is -4.47. The number of nitrogens with one attached hydrogen (secondary N) is 4. The number of ether oxygens (including phenoxy) is 2. The van der Waals surface area contributed by atoms with Gasteiger partial charge in [-0.3, -0.25) is 9.59 Å². The Morgan fingerprint density at radius 2 is 1.84 bits per heavy atom. The number of sulfonamides is 1. The summed E-state index contributed by atoms with van der Waals surface area (Å²) < 4.78 is 39.6. The van der Waals surface area contributed by atoms with Crippen LogP contribution in [0.2, 0.25) is 0 Å². The maximum atomic E-state index is 13.1. The van der Waals surface area contributed by atoms with Crippen molar-refractivity contribution in [2.75, 3.05) is 31.6 Å². The Morgan fingerprint density at radius 3 is 2.49 bits per heavy atom. The fraction of sp³-hybridized carbons (Fsp3) is 0.400. The van der Waals surface area contributed by atoms with E-state index >= 15 is 0 Å². The Labute approximate surface area is 261 Å². The molecule has 1 fully saturated rings. The first kappa shape index (κ1) is 33.4. The van der Waals surface area contributed by atoms with Gasteiger partial charge in [0.15, 0.2) is 5.95 Å². The molecule has 242 valence electrons. The summed E-state index contributed by atoms with van der Waals surface area (Å²) in [6, 6.07) is 10.7. The van der Waals surface area contributed by atoms with Gasteiger partial charge >= 0.3 is 12.1 Å². The summed E-state index contributed by atoms with van der Waals surface area (Å²) in [5.41, 5.74) is 2.68. The number of rotatable bonds is 14. The summed E-state index contributed by atoms with van der Waals surface area (Å²) in [5.74, 6) is -1.55. The zero-order valence-electron chi connectivity index (χ0n) is 25.3. The summed E-state index contributed by atoms with van der Waals surface area (Å²) in [5, 5.41) is 15.2. The van der Waals surface area contributed by atoms with Gasteiger partial charge in [-0.15, -0.1) is 0 Å². The van der Waals surface area contributed by atoms with Gasteiger partial charge in [0.25, 0.3) is 0 Å². The van der Waals surface area contributed by atoms with Crippen molar-refractivity contribution in [1.82, 2.24) is 24.9 Å². The molecule has 0 aliphatic carbocycles. The molecule has 2 amide bonds. The second-order valence-electron chi connectivity index (χ2n) is 10.9. The van der Waals surface area contributed by atoms with Gasteiger partial charge in [-0.25, -0.2) is 18.2 Å². The number of anilines is 1. The molecule has 1 aliphatic heterocycles. The minimum atomic E-state index is -4.20. The molecule has 45 heavy (non-hydrogen) atoms. The van der Waals surface area contributed by atoms with E-state index in [4.69, 9.17) is 9.47 Å². The number of hydrogen-bond donors (Lipinski definition) is 5. The van der Waals surface area contributed by atoms with Crippen molar-refractivity contribution in [3.05, 3.63) is 77.1 Å². The van der Waals surface area contributed by atoms with Gasteiger partial charge in [-0.1, -0.05) is 48.0 Å². The molecule has 0 radical (unpaired) electrons. The summed E-state index contributed by atoms with van der Waals surface area (Å²) >= 11 is 0. The lowest BCUT2D eigenvalue weighted by atomic mass is 10.1. The molecular formula is C30H38N6O8S. The van der Waals surface area contributed by atoms with Crippen molar-refractivity contribution in [3.63, 3.8) is 0 Å². The number of amides is 2. The van der Waals surface area contributed by atoms with E-state index in [0.29, 0.717) is 30.0 Å². The fourth-order valence-corrected chi connectivity index (χ4v) is 6.91. The van der Waals surface area contributed by atoms with Crippen molar-refractivity contribution >= 4 is 33.9 Å². The van der Waals surface area contributed by atoms with E-state index in [-0.39, 0.29) is 24.1 Å². The van der Waals surface area contributed by atoms with Crippen LogP contribution in [0.3, 0.4) is 0 Å². The number of imidazole rings is 1. The van der Waals surface area contributed by atoms with E-state index in [1.54, 1.807) is 38.4 Å². The Kier molecular flexibility index (Phi) is 11.1. The molecule has 1 saturated heterocycles. The average Bonchev–Trinajstić information content (AvgIpc) is 3.65. The van der Waals surface area contributed by atoms with Crippen LogP contribution in [-0.2, 0) is 35.7 Å². The Bertz CT molecular complexity index is 1560. The SMILES string of the molecule is Cc1cc(C)c(S(=O)(=O)N[C@@H](CNC(=O)CO[C@@H]2C[C@@H](CNc3ncc[nH]3)N(C(=O)OCc3ccccc3)C2)C(=O)O)c(C)c1. The number of carbonyl (C=O) groups is 3. The summed E-state index contributed by atoms with van der Waals surface area (Å²) in [6.07, 6.45) is 2.62. The number of aliphatic carboxylic acids is 1. The standard InChI is InChI=1S/C30H38N6O8S/c1-19-11-20(2)27(21(3)12-19)45(41,42)35-25(28(38)39)15-33-26(37)18-43-24-13-23(14-34-29-31-9-10-32-29)36(16-24)30(40)44-17-22-7-5-4-6-8-22/h4-12,23-25,35H,13-18H2,1-3H3,(H,33,37)(H,38,39)(H2,31,32,34)/t23-,24+,25-/m0/s1. The van der Waals surface area contributed by atoms with Gasteiger partial charge < -0.3 is 35.1 Å². The van der Waals surface area contributed by atoms with Crippen LogP contribution in [0, 0.1) is 20.8 Å². The van der Waals surface area contributed by atoms with Gasteiger partial charge in [0, 0.05) is 25.5 Å². The lowest BCUT2D eigenvalue weighted by Crippen LogP contribution is -2.49. The number of aromatic nitrogens is 2. The smallest absolute Gasteiger partial charge is 0.410 e. The highest BCUT2D eigenvalue weighted by Gasteiger charge is 2.37. The van der Waals surface area contributed by atoms with Crippen molar-refractivity contribution in [2.45, 2.75) is 56.9 Å². The zero-order chi connectivity index (χ0) is 32.6. The molecule has 3 aromatic rings. The molecule has 0 spiro atoms. The van der Waals surface area contributed by atoms with Crippen LogP contribution in [-0.4, -0.2) is 90.8 Å². The van der Waals surface area contributed by atoms with Crippen molar-refractivity contribution in [3.8, 4) is 0 Å². The average molecular weight is 643 g/mol. The van der Waals surface area contributed by atoms with Crippen molar-refractivity contribution in [1.29, 1.82) is 0 Å². The van der Waals surface area contributed by atoms with Gasteiger partial charge in [0.1, 0.15) is 19.3 Å². The molecule has 2 heterocycles. The van der Waals surface area contributed by atoms with E-state index in [0.717, 1.165) is 11.1 Å². The van der Waals surface area contributed by atoms with Gasteiger partial charge in [-0.05, 0) is 43.9 Å². The lowest BCUT2D eigenvalue weighted by Gasteiger charge is -2.24. The zero-order valence-corrected chi connectivity index (χ0v) is 26.1. The van der Waals surface area contributed by atoms with Crippen LogP contribution in [0.15, 0.2) is 59.8 Å². The maximum Gasteiger partial charge on any atom is 0.410 e. The Balaban J connectivity index is 1.31. The number of H-pyrrole nitrogens is 1. The number of carboxylic acid groups (broad SMARTS) is 1. The highest BCUT2D eigenvalue weighted by atomic mass is 32.2. The van der Waals surface area contributed by atoms with E-state index in [1.807, 2.05) is 37.3 Å². The van der Waals surface area contributed by atoms with Gasteiger partial charge in [-0.2, -0.15) is 4.72 Å². The third-order valence-electron chi connectivity index (χ3n) is 7.24. The third-order valence-corrected chi connectivity index (χ3v) is 9.02. The maximum absolute atomic E-state index is 13.1. The lowest BCUT2D eigenvalue weighted by molar-refractivity contribution is -0.139. The van der Waals surface area contributed by atoms with Crippen LogP contribution < -0.4 is 15.4 Å². The number of aromatic amines is 1. The quantitative estimate of drug-likeness (QED) is 0.174. The van der Waals surface area contributed by atoms with Gasteiger partial charge in [0.05, 0.1) is 23.6 Å². The monoisotopic (exact) mass is 642 g/mol. The highest BCUT2D eigenvalue weighted by Crippen LogP contribution is 2.23. The van der Waals surface area contributed by atoms with Crippen molar-refractivity contribution < 1.29 is 37.4 Å². The number of hydrogen-bond acceptors (Lipinski definition) is 9. The fourth-order valence-electron chi connectivity index (χ4n) is 5.27. The molecule has 3 atom stereocenters. The largest absolute Gasteiger partial charge is 0.480 e. The molecular weight excluding hydrogens is 604 g/mol. The number of carbonyl (C=O) groups excluding carboxylic acids is 2. The Morgan fingerprint density at radius 1 is 1.13 bits per heavy atom. The second-order valence-corrected chi connectivity index (χ2v) is 12.5. The third kappa shape index (κ3) is 9.26. The van der Waals surface area contributed by atoms with Crippen molar-refractivity contribution in [2.24, 2.45) is 0 Å². The van der Waals surface area contributed by atoms with E-state index in [1.165, 1.54) is 4.90 Å². The number of nitrogens with zero attached hydrogens (tertiary/aromatic N) is 2. The van der Waals surface area contributed by atoms with E-state index < -0.39 is 53.3 Å². The number of benzene rings is 2. The first-order valence-corrected chi connectivity index (χ1v) is 15.8. The first-order valence-electron chi connectivity index (χ1n) is 14.3. The summed E-state index contributed by atoms with van der Waals surface area (Å²) in [7, 11) is -4.20.